The summed E-state index contributed by atoms with van der Waals surface area (Å²) in [5.41, 5.74) is 8.40. The molecule has 0 aliphatic carbocycles. The number of aromatic hydroxyl groups is 1. The van der Waals surface area contributed by atoms with Gasteiger partial charge in [0, 0.05) is 5.69 Å². The summed E-state index contributed by atoms with van der Waals surface area (Å²) in [6.07, 6.45) is 2.52. The van der Waals surface area contributed by atoms with Gasteiger partial charge in [-0.05, 0) is 47.9 Å². The zero-order valence-corrected chi connectivity index (χ0v) is 10.7. The molecule has 98 valence electrons. The lowest BCUT2D eigenvalue weighted by Crippen LogP contribution is -1.99. The zero-order valence-electron chi connectivity index (χ0n) is 10.7. The van der Waals surface area contributed by atoms with Gasteiger partial charge in [0.25, 0.3) is 0 Å². The van der Waals surface area contributed by atoms with Gasteiger partial charge in [0.2, 0.25) is 0 Å². The Morgan fingerprint density at radius 1 is 1.21 bits per heavy atom. The molecule has 3 N–H and O–H groups in total. The summed E-state index contributed by atoms with van der Waals surface area (Å²) in [6.45, 7) is 4.13. The van der Waals surface area contributed by atoms with E-state index < -0.39 is 0 Å². The van der Waals surface area contributed by atoms with Gasteiger partial charge in [-0.1, -0.05) is 18.2 Å². The first-order chi connectivity index (χ1) is 9.19. The molecule has 0 spiro atoms. The lowest BCUT2D eigenvalue weighted by Gasteiger charge is -2.11. The van der Waals surface area contributed by atoms with Crippen molar-refractivity contribution in [1.29, 1.82) is 0 Å². The highest BCUT2D eigenvalue weighted by Gasteiger charge is 2.04. The number of phenolic OH excluding ortho intramolecular Hbond substituents is 1. The molecule has 3 heteroatoms. The van der Waals surface area contributed by atoms with Crippen LogP contribution < -0.4 is 10.5 Å². The predicted octanol–water partition coefficient (Wildman–Crippen LogP) is 3.28. The first-order valence-electron chi connectivity index (χ1n) is 6.09. The summed E-state index contributed by atoms with van der Waals surface area (Å²) in [6, 6.07) is 12.6. The van der Waals surface area contributed by atoms with Crippen LogP contribution in [0.15, 0.2) is 55.1 Å². The van der Waals surface area contributed by atoms with E-state index >= 15 is 0 Å². The number of anilines is 1. The molecule has 0 saturated heterocycles. The predicted molar refractivity (Wildman–Crippen MR) is 77.2 cm³/mol. The van der Waals surface area contributed by atoms with Crippen LogP contribution in [0.1, 0.15) is 11.1 Å². The Bertz CT molecular complexity index is 579. The number of phenols is 1. The quantitative estimate of drug-likeness (QED) is 0.636. The molecule has 0 amide bonds. The maximum absolute atomic E-state index is 9.40. The van der Waals surface area contributed by atoms with Crippen LogP contribution in [0.5, 0.6) is 11.5 Å². The summed E-state index contributed by atoms with van der Waals surface area (Å²) in [5, 5.41) is 9.40. The van der Waals surface area contributed by atoms with Crippen molar-refractivity contribution in [2.45, 2.75) is 13.0 Å². The molecule has 2 rings (SSSR count). The Morgan fingerprint density at radius 3 is 2.79 bits per heavy atom. The third-order valence-corrected chi connectivity index (χ3v) is 2.75. The number of rotatable bonds is 5. The van der Waals surface area contributed by atoms with Crippen LogP contribution in [-0.2, 0) is 13.0 Å². The van der Waals surface area contributed by atoms with Gasteiger partial charge in [0.1, 0.15) is 18.1 Å². The Morgan fingerprint density at radius 2 is 2.05 bits per heavy atom. The summed E-state index contributed by atoms with van der Waals surface area (Å²) in [7, 11) is 0. The highest BCUT2D eigenvalue weighted by molar-refractivity contribution is 5.48. The third-order valence-electron chi connectivity index (χ3n) is 2.75. The monoisotopic (exact) mass is 255 g/mol. The minimum absolute atomic E-state index is 0.240. The molecule has 0 unspecified atom stereocenters. The van der Waals surface area contributed by atoms with Crippen molar-refractivity contribution >= 4 is 5.69 Å². The van der Waals surface area contributed by atoms with Crippen LogP contribution in [0.4, 0.5) is 5.69 Å². The minimum atomic E-state index is 0.240. The average molecular weight is 255 g/mol. The molecule has 3 nitrogen and oxygen atoms in total. The fraction of sp³-hybridized carbons (Fsp3) is 0.125. The van der Waals surface area contributed by atoms with Gasteiger partial charge in [0.15, 0.2) is 0 Å². The molecule has 0 atom stereocenters. The van der Waals surface area contributed by atoms with E-state index in [4.69, 9.17) is 10.5 Å². The Balaban J connectivity index is 2.12. The van der Waals surface area contributed by atoms with Crippen LogP contribution in [0, 0.1) is 0 Å². The highest BCUT2D eigenvalue weighted by Crippen LogP contribution is 2.23. The lowest BCUT2D eigenvalue weighted by molar-refractivity contribution is 0.303. The summed E-state index contributed by atoms with van der Waals surface area (Å²) >= 11 is 0. The molecule has 0 aliphatic heterocycles. The fourth-order valence-electron chi connectivity index (χ4n) is 1.86. The molecule has 0 fully saturated rings. The number of allylic oxidation sites excluding steroid dienone is 1. The Hall–Kier alpha value is -2.42. The third kappa shape index (κ3) is 3.52. The number of hydrogen-bond acceptors (Lipinski definition) is 3. The first kappa shape index (κ1) is 13.0. The van der Waals surface area contributed by atoms with E-state index in [0.717, 1.165) is 16.9 Å². The maximum Gasteiger partial charge on any atom is 0.123 e. The molecule has 19 heavy (non-hydrogen) atoms. The first-order valence-corrected chi connectivity index (χ1v) is 6.09. The van der Waals surface area contributed by atoms with Crippen molar-refractivity contribution in [3.63, 3.8) is 0 Å². The summed E-state index contributed by atoms with van der Waals surface area (Å²) in [5.74, 6) is 1.03. The topological polar surface area (TPSA) is 55.5 Å². The molecule has 0 aliphatic rings. The van der Waals surface area contributed by atoms with Crippen LogP contribution in [0.3, 0.4) is 0 Å². The van der Waals surface area contributed by atoms with Crippen LogP contribution in [0.2, 0.25) is 0 Å². The van der Waals surface area contributed by atoms with Crippen molar-refractivity contribution in [2.75, 3.05) is 5.73 Å². The number of hydrogen-bond donors (Lipinski definition) is 2. The van der Waals surface area contributed by atoms with E-state index in [9.17, 15) is 5.11 Å². The summed E-state index contributed by atoms with van der Waals surface area (Å²) in [4.78, 5) is 0. The van der Waals surface area contributed by atoms with Crippen molar-refractivity contribution < 1.29 is 9.84 Å². The Kier molecular flexibility index (Phi) is 4.08. The van der Waals surface area contributed by atoms with E-state index in [-0.39, 0.29) is 5.75 Å². The van der Waals surface area contributed by atoms with E-state index in [2.05, 4.69) is 6.58 Å². The lowest BCUT2D eigenvalue weighted by atomic mass is 10.1. The molecular formula is C16H17NO2. The van der Waals surface area contributed by atoms with Crippen LogP contribution >= 0.6 is 0 Å². The molecular weight excluding hydrogens is 238 g/mol. The van der Waals surface area contributed by atoms with Crippen molar-refractivity contribution in [1.82, 2.24) is 0 Å². The van der Waals surface area contributed by atoms with E-state index in [1.54, 1.807) is 18.2 Å². The number of nitrogens with two attached hydrogens (primary N) is 1. The number of nitrogen functional groups attached to an aromatic ring is 1. The minimum Gasteiger partial charge on any atom is -0.508 e. The smallest absolute Gasteiger partial charge is 0.123 e. The van der Waals surface area contributed by atoms with Crippen molar-refractivity contribution in [2.24, 2.45) is 0 Å². The molecule has 0 heterocycles. The molecule has 2 aromatic rings. The number of benzene rings is 2. The summed E-state index contributed by atoms with van der Waals surface area (Å²) < 4.78 is 5.77. The fourth-order valence-corrected chi connectivity index (χ4v) is 1.86. The van der Waals surface area contributed by atoms with E-state index in [1.807, 2.05) is 30.3 Å². The van der Waals surface area contributed by atoms with Gasteiger partial charge >= 0.3 is 0 Å². The highest BCUT2D eigenvalue weighted by atomic mass is 16.5. The van der Waals surface area contributed by atoms with Gasteiger partial charge in [-0.15, -0.1) is 6.58 Å². The largest absolute Gasteiger partial charge is 0.508 e. The van der Waals surface area contributed by atoms with E-state index in [0.29, 0.717) is 18.7 Å². The van der Waals surface area contributed by atoms with Crippen molar-refractivity contribution in [3.05, 3.63) is 66.2 Å². The standard InChI is InChI=1S/C16H17NO2/c1-2-4-13-10-14(17)7-8-16(13)19-11-12-5-3-6-15(18)9-12/h2-3,5-10,18H,1,4,11,17H2. The maximum atomic E-state index is 9.40. The van der Waals surface area contributed by atoms with Crippen LogP contribution in [0.25, 0.3) is 0 Å². The van der Waals surface area contributed by atoms with Gasteiger partial charge in [0.05, 0.1) is 0 Å². The zero-order chi connectivity index (χ0) is 13.7. The van der Waals surface area contributed by atoms with Gasteiger partial charge < -0.3 is 15.6 Å². The molecule has 0 radical (unpaired) electrons. The molecule has 0 saturated carbocycles. The molecule has 2 aromatic carbocycles. The van der Waals surface area contributed by atoms with Gasteiger partial charge in [-0.25, -0.2) is 0 Å². The SMILES string of the molecule is C=CCc1cc(N)ccc1OCc1cccc(O)c1. The second-order valence-corrected chi connectivity index (χ2v) is 4.32. The second kappa shape index (κ2) is 5.96. The van der Waals surface area contributed by atoms with E-state index in [1.165, 1.54) is 0 Å². The van der Waals surface area contributed by atoms with Gasteiger partial charge in [-0.2, -0.15) is 0 Å². The van der Waals surface area contributed by atoms with Crippen molar-refractivity contribution in [3.8, 4) is 11.5 Å². The number of ether oxygens (including phenoxy) is 1. The van der Waals surface area contributed by atoms with Gasteiger partial charge in [-0.3, -0.25) is 0 Å². The van der Waals surface area contributed by atoms with Crippen LogP contribution in [-0.4, -0.2) is 5.11 Å². The Labute approximate surface area is 113 Å². The second-order valence-electron chi connectivity index (χ2n) is 4.32. The molecule has 0 bridgehead atoms. The normalized spacial score (nSPS) is 10.1. The molecule has 0 aromatic heterocycles. The average Bonchev–Trinajstić information content (AvgIpc) is 2.38.